The Kier molecular flexibility index (Phi) is 8.64. The zero-order chi connectivity index (χ0) is 27.4. The van der Waals surface area contributed by atoms with Crippen LogP contribution in [-0.4, -0.2) is 48.6 Å². The quantitative estimate of drug-likeness (QED) is 0.285. The number of halogens is 1. The van der Waals surface area contributed by atoms with Crippen LogP contribution < -0.4 is 14.8 Å². The van der Waals surface area contributed by atoms with Crippen molar-refractivity contribution in [2.45, 2.75) is 69.8 Å². The molecular weight excluding hydrogens is 522 g/mol. The molecule has 210 valence electrons. The molecular formula is C30H36ClNO7. The van der Waals surface area contributed by atoms with Crippen LogP contribution in [0.4, 0.5) is 0 Å². The molecule has 3 aliphatic rings. The summed E-state index contributed by atoms with van der Waals surface area (Å²) in [5.41, 5.74) is 1.66. The summed E-state index contributed by atoms with van der Waals surface area (Å²) in [4.78, 5) is 26.4. The van der Waals surface area contributed by atoms with E-state index in [9.17, 15) is 14.7 Å². The van der Waals surface area contributed by atoms with E-state index < -0.39 is 23.8 Å². The molecule has 2 N–H and O–H groups in total. The molecule has 0 saturated heterocycles. The van der Waals surface area contributed by atoms with E-state index in [1.807, 2.05) is 25.1 Å². The SMILES string of the molecule is CC(Cc1ccc2c(c1)OC(C(=O)OCC1CCC1)(C(=O)OCC1CCC1)O2)NCC(O)c1cccc(Cl)c1. The molecule has 0 radical (unpaired) electrons. The molecule has 2 aliphatic carbocycles. The van der Waals surface area contributed by atoms with Crippen molar-refractivity contribution in [2.75, 3.05) is 19.8 Å². The average molecular weight is 558 g/mol. The fraction of sp³-hybridized carbons (Fsp3) is 0.533. The number of aliphatic hydroxyl groups excluding tert-OH is 1. The molecule has 2 atom stereocenters. The van der Waals surface area contributed by atoms with E-state index in [-0.39, 0.29) is 25.0 Å². The van der Waals surface area contributed by atoms with Crippen LogP contribution in [0.15, 0.2) is 42.5 Å². The van der Waals surface area contributed by atoms with Gasteiger partial charge in [0.05, 0.1) is 19.3 Å². The van der Waals surface area contributed by atoms with Crippen molar-refractivity contribution in [2.24, 2.45) is 11.8 Å². The number of ether oxygens (including phenoxy) is 4. The predicted molar refractivity (Wildman–Crippen MR) is 145 cm³/mol. The van der Waals surface area contributed by atoms with E-state index in [0.29, 0.717) is 35.6 Å². The van der Waals surface area contributed by atoms with Gasteiger partial charge in [-0.05, 0) is 86.3 Å². The molecule has 0 bridgehead atoms. The number of nitrogens with one attached hydrogen (secondary N) is 1. The summed E-state index contributed by atoms with van der Waals surface area (Å²) >= 11 is 6.03. The Bertz CT molecular complexity index is 1150. The lowest BCUT2D eigenvalue weighted by Crippen LogP contribution is -2.56. The summed E-state index contributed by atoms with van der Waals surface area (Å²) in [6, 6.07) is 12.5. The second kappa shape index (κ2) is 12.1. The first kappa shape index (κ1) is 27.7. The van der Waals surface area contributed by atoms with Gasteiger partial charge in [0.15, 0.2) is 11.5 Å². The van der Waals surface area contributed by atoms with Crippen LogP contribution in [-0.2, 0) is 25.5 Å². The van der Waals surface area contributed by atoms with E-state index in [0.717, 1.165) is 49.7 Å². The summed E-state index contributed by atoms with van der Waals surface area (Å²) in [5, 5.41) is 14.4. The minimum Gasteiger partial charge on any atom is -0.459 e. The zero-order valence-electron chi connectivity index (χ0n) is 22.2. The third-order valence-corrected chi connectivity index (χ3v) is 8.07. The monoisotopic (exact) mass is 557 g/mol. The van der Waals surface area contributed by atoms with Crippen molar-refractivity contribution in [3.63, 3.8) is 0 Å². The van der Waals surface area contributed by atoms with Crippen molar-refractivity contribution in [3.8, 4) is 11.5 Å². The van der Waals surface area contributed by atoms with E-state index in [4.69, 9.17) is 30.5 Å². The van der Waals surface area contributed by atoms with Gasteiger partial charge in [-0.2, -0.15) is 0 Å². The van der Waals surface area contributed by atoms with Gasteiger partial charge in [-0.15, -0.1) is 0 Å². The van der Waals surface area contributed by atoms with Crippen LogP contribution in [0.5, 0.6) is 11.5 Å². The van der Waals surface area contributed by atoms with E-state index in [2.05, 4.69) is 5.32 Å². The topological polar surface area (TPSA) is 103 Å². The van der Waals surface area contributed by atoms with Gasteiger partial charge in [0.2, 0.25) is 0 Å². The number of aliphatic hydroxyl groups is 1. The Labute approximate surface area is 233 Å². The van der Waals surface area contributed by atoms with E-state index in [1.54, 1.807) is 24.3 Å². The number of esters is 2. The first-order chi connectivity index (χ1) is 18.8. The van der Waals surface area contributed by atoms with Crippen LogP contribution in [0, 0.1) is 11.8 Å². The number of rotatable bonds is 12. The third kappa shape index (κ3) is 6.51. The van der Waals surface area contributed by atoms with Gasteiger partial charge in [-0.3, -0.25) is 0 Å². The van der Waals surface area contributed by atoms with Crippen molar-refractivity contribution in [1.82, 2.24) is 5.32 Å². The van der Waals surface area contributed by atoms with Crippen molar-refractivity contribution < 1.29 is 33.6 Å². The number of benzene rings is 2. The Morgan fingerprint density at radius 3 is 2.23 bits per heavy atom. The van der Waals surface area contributed by atoms with E-state index in [1.165, 1.54) is 0 Å². The number of hydrogen-bond acceptors (Lipinski definition) is 8. The maximum atomic E-state index is 13.2. The van der Waals surface area contributed by atoms with Gasteiger partial charge in [0.1, 0.15) is 0 Å². The molecule has 2 aromatic carbocycles. The first-order valence-corrected chi connectivity index (χ1v) is 14.2. The molecule has 1 aliphatic heterocycles. The van der Waals surface area contributed by atoms with Gasteiger partial charge < -0.3 is 29.4 Å². The summed E-state index contributed by atoms with van der Waals surface area (Å²) in [7, 11) is 0. The normalized spacial score (nSPS) is 19.5. The van der Waals surface area contributed by atoms with Gasteiger partial charge in [-0.25, -0.2) is 9.59 Å². The highest BCUT2D eigenvalue weighted by Crippen LogP contribution is 2.42. The van der Waals surface area contributed by atoms with Gasteiger partial charge >= 0.3 is 17.7 Å². The molecule has 2 saturated carbocycles. The van der Waals surface area contributed by atoms with E-state index >= 15 is 0 Å². The molecule has 2 unspecified atom stereocenters. The summed E-state index contributed by atoms with van der Waals surface area (Å²) in [6.45, 7) is 2.83. The Hall–Kier alpha value is -2.81. The molecule has 5 rings (SSSR count). The lowest BCUT2D eigenvalue weighted by molar-refractivity contribution is -0.205. The van der Waals surface area contributed by atoms with Crippen molar-refractivity contribution in [3.05, 3.63) is 58.6 Å². The largest absolute Gasteiger partial charge is 0.459 e. The maximum absolute atomic E-state index is 13.2. The molecule has 0 aromatic heterocycles. The average Bonchev–Trinajstić information content (AvgIpc) is 3.25. The number of carbonyl (C=O) groups is 2. The maximum Gasteiger partial charge on any atom is 0.453 e. The highest BCUT2D eigenvalue weighted by molar-refractivity contribution is 6.30. The lowest BCUT2D eigenvalue weighted by Gasteiger charge is -2.29. The van der Waals surface area contributed by atoms with Crippen molar-refractivity contribution >= 4 is 23.5 Å². The fourth-order valence-corrected chi connectivity index (χ4v) is 5.09. The smallest absolute Gasteiger partial charge is 0.453 e. The molecule has 8 nitrogen and oxygen atoms in total. The molecule has 39 heavy (non-hydrogen) atoms. The molecule has 2 aromatic rings. The molecule has 2 fully saturated rings. The standard InChI is InChI=1S/C30H36ClNO7/c1-19(32-16-25(33)23-9-4-10-24(31)15-23)13-22-11-12-26-27(14-22)39-30(38-26,28(34)36-17-20-5-2-6-20)29(35)37-18-21-7-3-8-21/h4,9-12,14-15,19-21,25,32-33H,2-3,5-8,13,16-18H2,1H3. The fourth-order valence-electron chi connectivity index (χ4n) is 4.89. The molecule has 1 heterocycles. The predicted octanol–water partition coefficient (Wildman–Crippen LogP) is 4.75. The summed E-state index contributed by atoms with van der Waals surface area (Å²) in [5.74, 6) is -2.86. The third-order valence-electron chi connectivity index (χ3n) is 7.84. The molecule has 9 heteroatoms. The highest BCUT2D eigenvalue weighted by Gasteiger charge is 2.60. The van der Waals surface area contributed by atoms with Gasteiger partial charge in [0, 0.05) is 17.6 Å². The van der Waals surface area contributed by atoms with Crippen LogP contribution in [0.1, 0.15) is 62.7 Å². The van der Waals surface area contributed by atoms with Gasteiger partial charge in [-0.1, -0.05) is 42.6 Å². The molecule has 0 spiro atoms. The lowest BCUT2D eigenvalue weighted by atomic mass is 9.86. The van der Waals surface area contributed by atoms with Crippen LogP contribution in [0.2, 0.25) is 5.02 Å². The van der Waals surface area contributed by atoms with Gasteiger partial charge in [0.25, 0.3) is 0 Å². The number of hydrogen-bond donors (Lipinski definition) is 2. The highest BCUT2D eigenvalue weighted by atomic mass is 35.5. The second-order valence-electron chi connectivity index (χ2n) is 11.0. The van der Waals surface area contributed by atoms with Crippen molar-refractivity contribution in [1.29, 1.82) is 0 Å². The Balaban J connectivity index is 1.22. The van der Waals surface area contributed by atoms with Crippen LogP contribution in [0.25, 0.3) is 0 Å². The first-order valence-electron chi connectivity index (χ1n) is 13.8. The minimum absolute atomic E-state index is 0.0175. The number of carbonyl (C=O) groups excluding carboxylic acids is 2. The van der Waals surface area contributed by atoms with Crippen LogP contribution in [0.3, 0.4) is 0 Å². The minimum atomic E-state index is -2.29. The number of fused-ring (bicyclic) bond motifs is 1. The molecule has 0 amide bonds. The zero-order valence-corrected chi connectivity index (χ0v) is 23.0. The summed E-state index contributed by atoms with van der Waals surface area (Å²) in [6.07, 6.45) is 6.15. The second-order valence-corrected chi connectivity index (χ2v) is 11.4. The summed E-state index contributed by atoms with van der Waals surface area (Å²) < 4.78 is 22.8. The Morgan fingerprint density at radius 1 is 1.00 bits per heavy atom. The Morgan fingerprint density at radius 2 is 1.64 bits per heavy atom. The van der Waals surface area contributed by atoms with Crippen LogP contribution >= 0.6 is 11.6 Å².